The molecule has 144 valence electrons. The van der Waals surface area contributed by atoms with E-state index in [1.807, 2.05) is 66.7 Å². The number of halogens is 2. The lowest BCUT2D eigenvalue weighted by atomic mass is 10.1. The normalized spacial score (nSPS) is 11.1. The molecule has 4 aromatic carbocycles. The van der Waals surface area contributed by atoms with Crippen molar-refractivity contribution in [1.29, 1.82) is 0 Å². The molecule has 1 N–H and O–H groups in total. The molecular weight excluding hydrogens is 401 g/mol. The molecule has 0 heterocycles. The Morgan fingerprint density at radius 3 is 2.24 bits per heavy atom. The van der Waals surface area contributed by atoms with Gasteiger partial charge in [0.1, 0.15) is 0 Å². The van der Waals surface area contributed by atoms with Crippen molar-refractivity contribution in [2.24, 2.45) is 5.10 Å². The minimum atomic E-state index is 0.634. The van der Waals surface area contributed by atoms with Crippen LogP contribution in [0.15, 0.2) is 90.0 Å². The van der Waals surface area contributed by atoms with Crippen molar-refractivity contribution < 1.29 is 0 Å². The van der Waals surface area contributed by atoms with E-state index in [-0.39, 0.29) is 0 Å². The van der Waals surface area contributed by atoms with Gasteiger partial charge in [0.25, 0.3) is 0 Å². The predicted octanol–water partition coefficient (Wildman–Crippen LogP) is 7.36. The Morgan fingerprint density at radius 2 is 1.52 bits per heavy atom. The molecule has 0 saturated heterocycles. The monoisotopic (exact) mass is 419 g/mol. The fourth-order valence-electron chi connectivity index (χ4n) is 3.08. The van der Waals surface area contributed by atoms with Crippen LogP contribution in [-0.4, -0.2) is 13.3 Å². The van der Waals surface area contributed by atoms with Gasteiger partial charge in [-0.1, -0.05) is 53.5 Å². The van der Waals surface area contributed by atoms with E-state index in [0.717, 1.165) is 28.0 Å². The standard InChI is InChI=1S/C24H19Cl2N3/c1-27-21-10-6-19(24(26)15-21)16-28-29(22-12-8-20(25)9-13-22)23-11-7-17-4-2-3-5-18(17)14-23/h2-16,27H,1H3. The summed E-state index contributed by atoms with van der Waals surface area (Å²) in [6, 6.07) is 27.9. The molecule has 3 nitrogen and oxygen atoms in total. The van der Waals surface area contributed by atoms with Gasteiger partial charge in [-0.25, -0.2) is 5.01 Å². The summed E-state index contributed by atoms with van der Waals surface area (Å²) in [4.78, 5) is 0. The first-order chi connectivity index (χ1) is 14.1. The van der Waals surface area contributed by atoms with Crippen molar-refractivity contribution in [3.05, 3.63) is 101 Å². The zero-order valence-corrected chi connectivity index (χ0v) is 17.3. The highest BCUT2D eigenvalue weighted by molar-refractivity contribution is 6.33. The lowest BCUT2D eigenvalue weighted by Gasteiger charge is -2.20. The van der Waals surface area contributed by atoms with Gasteiger partial charge in [0.05, 0.1) is 22.6 Å². The third-order valence-corrected chi connectivity index (χ3v) is 5.23. The Bertz CT molecular complexity index is 1170. The molecule has 0 aliphatic heterocycles. The van der Waals surface area contributed by atoms with Crippen LogP contribution in [0, 0.1) is 0 Å². The smallest absolute Gasteiger partial charge is 0.0659 e. The third kappa shape index (κ3) is 4.37. The summed E-state index contributed by atoms with van der Waals surface area (Å²) in [7, 11) is 1.86. The van der Waals surface area contributed by atoms with E-state index >= 15 is 0 Å². The molecule has 29 heavy (non-hydrogen) atoms. The number of anilines is 3. The van der Waals surface area contributed by atoms with E-state index in [1.165, 1.54) is 5.39 Å². The largest absolute Gasteiger partial charge is 0.388 e. The average molecular weight is 420 g/mol. The van der Waals surface area contributed by atoms with Crippen LogP contribution in [0.2, 0.25) is 10.0 Å². The highest BCUT2D eigenvalue weighted by atomic mass is 35.5. The van der Waals surface area contributed by atoms with E-state index in [2.05, 4.69) is 35.6 Å². The quantitative estimate of drug-likeness (QED) is 0.270. The van der Waals surface area contributed by atoms with Crippen LogP contribution in [-0.2, 0) is 0 Å². The molecular formula is C24H19Cl2N3. The van der Waals surface area contributed by atoms with Gasteiger partial charge in [0, 0.05) is 23.3 Å². The second-order valence-electron chi connectivity index (χ2n) is 6.55. The molecule has 0 fully saturated rings. The molecule has 5 heteroatoms. The molecule has 0 unspecified atom stereocenters. The highest BCUT2D eigenvalue weighted by Gasteiger charge is 2.09. The summed E-state index contributed by atoms with van der Waals surface area (Å²) in [6.07, 6.45) is 1.77. The van der Waals surface area contributed by atoms with Crippen molar-refractivity contribution in [3.8, 4) is 0 Å². The molecule has 4 aromatic rings. The molecule has 0 radical (unpaired) electrons. The second kappa shape index (κ2) is 8.56. The Morgan fingerprint density at radius 1 is 0.793 bits per heavy atom. The molecule has 4 rings (SSSR count). The zero-order chi connectivity index (χ0) is 20.2. The van der Waals surface area contributed by atoms with Crippen LogP contribution < -0.4 is 10.3 Å². The summed E-state index contributed by atoms with van der Waals surface area (Å²) in [6.45, 7) is 0. The highest BCUT2D eigenvalue weighted by Crippen LogP contribution is 2.30. The van der Waals surface area contributed by atoms with Crippen molar-refractivity contribution in [2.45, 2.75) is 0 Å². The fourth-order valence-corrected chi connectivity index (χ4v) is 3.44. The molecule has 0 aliphatic rings. The van der Waals surface area contributed by atoms with Crippen molar-refractivity contribution in [2.75, 3.05) is 17.4 Å². The van der Waals surface area contributed by atoms with Crippen molar-refractivity contribution in [1.82, 2.24) is 0 Å². The number of nitrogens with zero attached hydrogens (tertiary/aromatic N) is 2. The first-order valence-electron chi connectivity index (χ1n) is 9.20. The maximum Gasteiger partial charge on any atom is 0.0659 e. The van der Waals surface area contributed by atoms with Crippen LogP contribution in [0.5, 0.6) is 0 Å². The molecule has 0 atom stereocenters. The Labute approximate surface area is 180 Å². The Kier molecular flexibility index (Phi) is 5.70. The zero-order valence-electron chi connectivity index (χ0n) is 15.8. The van der Waals surface area contributed by atoms with Crippen molar-refractivity contribution >= 4 is 57.3 Å². The van der Waals surface area contributed by atoms with Gasteiger partial charge in [0.15, 0.2) is 0 Å². The molecule has 0 amide bonds. The maximum atomic E-state index is 6.42. The van der Waals surface area contributed by atoms with E-state index < -0.39 is 0 Å². The SMILES string of the molecule is CNc1ccc(C=NN(c2ccc(Cl)cc2)c2ccc3ccccc3c2)c(Cl)c1. The van der Waals surface area contributed by atoms with E-state index in [4.69, 9.17) is 28.3 Å². The number of benzene rings is 4. The van der Waals surface area contributed by atoms with Crippen molar-refractivity contribution in [3.63, 3.8) is 0 Å². The van der Waals surface area contributed by atoms with Crippen LogP contribution in [0.4, 0.5) is 17.1 Å². The Balaban J connectivity index is 1.76. The first kappa shape index (κ1) is 19.3. The summed E-state index contributed by atoms with van der Waals surface area (Å²) >= 11 is 12.5. The fraction of sp³-hybridized carbons (Fsp3) is 0.0417. The number of hydrogen-bond acceptors (Lipinski definition) is 3. The van der Waals surface area contributed by atoms with E-state index in [0.29, 0.717) is 10.0 Å². The topological polar surface area (TPSA) is 27.6 Å². The van der Waals surface area contributed by atoms with Gasteiger partial charge in [0.2, 0.25) is 0 Å². The van der Waals surface area contributed by atoms with Gasteiger partial charge >= 0.3 is 0 Å². The average Bonchev–Trinajstić information content (AvgIpc) is 2.75. The van der Waals surface area contributed by atoms with Crippen LogP contribution in [0.1, 0.15) is 5.56 Å². The van der Waals surface area contributed by atoms with Gasteiger partial charge in [-0.05, 0) is 65.4 Å². The van der Waals surface area contributed by atoms with Gasteiger partial charge in [-0.2, -0.15) is 5.10 Å². The van der Waals surface area contributed by atoms with Crippen LogP contribution in [0.25, 0.3) is 10.8 Å². The Hall–Kier alpha value is -3.01. The number of fused-ring (bicyclic) bond motifs is 1. The van der Waals surface area contributed by atoms with Gasteiger partial charge < -0.3 is 5.32 Å². The van der Waals surface area contributed by atoms with Gasteiger partial charge in [-0.3, -0.25) is 0 Å². The van der Waals surface area contributed by atoms with Crippen LogP contribution >= 0.6 is 23.2 Å². The number of hydrogen-bond donors (Lipinski definition) is 1. The minimum Gasteiger partial charge on any atom is -0.388 e. The summed E-state index contributed by atoms with van der Waals surface area (Å²) in [5.41, 5.74) is 3.65. The number of rotatable bonds is 5. The van der Waals surface area contributed by atoms with E-state index in [1.54, 1.807) is 6.21 Å². The summed E-state index contributed by atoms with van der Waals surface area (Å²) in [5.74, 6) is 0. The molecule has 0 bridgehead atoms. The minimum absolute atomic E-state index is 0.634. The summed E-state index contributed by atoms with van der Waals surface area (Å²) in [5, 5.41) is 13.4. The predicted molar refractivity (Wildman–Crippen MR) is 126 cm³/mol. The van der Waals surface area contributed by atoms with E-state index in [9.17, 15) is 0 Å². The third-order valence-electron chi connectivity index (χ3n) is 4.65. The second-order valence-corrected chi connectivity index (χ2v) is 7.39. The molecule has 0 aliphatic carbocycles. The molecule has 0 aromatic heterocycles. The number of hydrazone groups is 1. The first-order valence-corrected chi connectivity index (χ1v) is 9.95. The lowest BCUT2D eigenvalue weighted by molar-refractivity contribution is 1.09. The number of nitrogens with one attached hydrogen (secondary N) is 1. The maximum absolute atomic E-state index is 6.42. The van der Waals surface area contributed by atoms with Gasteiger partial charge in [-0.15, -0.1) is 0 Å². The van der Waals surface area contributed by atoms with Crippen LogP contribution in [0.3, 0.4) is 0 Å². The lowest BCUT2D eigenvalue weighted by Crippen LogP contribution is -2.09. The molecule has 0 spiro atoms. The summed E-state index contributed by atoms with van der Waals surface area (Å²) < 4.78 is 0. The molecule has 0 saturated carbocycles.